The molecule has 0 saturated heterocycles. The van der Waals surface area contributed by atoms with Crippen LogP contribution in [0.25, 0.3) is 0 Å². The number of rotatable bonds is 4. The molecule has 90 valence electrons. The largest absolute Gasteiger partial charge is 0.368 e. The maximum absolute atomic E-state index is 5.52. The minimum atomic E-state index is 0.282. The molecule has 1 heterocycles. The number of aromatic nitrogens is 3. The normalized spacial score (nSPS) is 18.5. The van der Waals surface area contributed by atoms with E-state index in [9.17, 15) is 0 Å². The number of nitrogens with one attached hydrogen (secondary N) is 1. The van der Waals surface area contributed by atoms with Crippen molar-refractivity contribution in [1.82, 2.24) is 20.1 Å². The number of likely N-dealkylation sites (N-methyl/N-ethyl adjacent to an activating group) is 2. The lowest BCUT2D eigenvalue weighted by Crippen LogP contribution is -2.56. The molecule has 1 aliphatic rings. The molecule has 1 saturated carbocycles. The van der Waals surface area contributed by atoms with E-state index in [1.165, 1.54) is 19.3 Å². The Balaban J connectivity index is 2.04. The van der Waals surface area contributed by atoms with Gasteiger partial charge in [0.15, 0.2) is 0 Å². The molecule has 0 aromatic carbocycles. The molecule has 0 bridgehead atoms. The van der Waals surface area contributed by atoms with Crippen molar-refractivity contribution in [3.8, 4) is 0 Å². The third-order valence-corrected chi connectivity index (χ3v) is 3.60. The first-order valence-electron chi connectivity index (χ1n) is 5.60. The Hall–Kier alpha value is -1.30. The molecule has 1 aliphatic carbocycles. The average molecular weight is 224 g/mol. The van der Waals surface area contributed by atoms with Gasteiger partial charge in [-0.1, -0.05) is 0 Å². The molecule has 1 aromatic rings. The van der Waals surface area contributed by atoms with Crippen LogP contribution < -0.4 is 10.6 Å². The Labute approximate surface area is 95.8 Å². The highest BCUT2D eigenvalue weighted by molar-refractivity contribution is 5.33. The topological polar surface area (TPSA) is 74.1 Å². The lowest BCUT2D eigenvalue weighted by atomic mass is 9.75. The Kier molecular flexibility index (Phi) is 2.75. The molecule has 0 amide bonds. The van der Waals surface area contributed by atoms with Crippen LogP contribution >= 0.6 is 0 Å². The first kappa shape index (κ1) is 11.2. The van der Waals surface area contributed by atoms with Gasteiger partial charge in [-0.15, -0.1) is 5.10 Å². The van der Waals surface area contributed by atoms with Gasteiger partial charge in [-0.2, -0.15) is 4.98 Å². The Morgan fingerprint density at radius 2 is 2.06 bits per heavy atom. The van der Waals surface area contributed by atoms with E-state index in [4.69, 9.17) is 5.73 Å². The fraction of sp³-hybridized carbons (Fsp3) is 0.800. The Morgan fingerprint density at radius 3 is 2.44 bits per heavy atom. The van der Waals surface area contributed by atoms with Crippen LogP contribution in [0.2, 0.25) is 0 Å². The lowest BCUT2D eigenvalue weighted by Gasteiger charge is -2.49. The zero-order chi connectivity index (χ0) is 11.8. The minimum absolute atomic E-state index is 0.282. The standard InChI is InChI=1S/C10H20N6/c1-15(2)10(5-4-6-10)7-16(3)9-12-8(11)13-14-9/h4-7H2,1-3H3,(H3,11,12,13,14). The number of nitrogens with two attached hydrogens (primary N) is 1. The van der Waals surface area contributed by atoms with E-state index in [2.05, 4.69) is 39.1 Å². The second kappa shape index (κ2) is 3.93. The second-order valence-electron chi connectivity index (χ2n) is 4.85. The van der Waals surface area contributed by atoms with E-state index in [1.807, 2.05) is 7.05 Å². The zero-order valence-electron chi connectivity index (χ0n) is 10.2. The molecule has 0 radical (unpaired) electrons. The summed E-state index contributed by atoms with van der Waals surface area (Å²) >= 11 is 0. The quantitative estimate of drug-likeness (QED) is 0.770. The smallest absolute Gasteiger partial charge is 0.246 e. The molecule has 1 aromatic heterocycles. The molecule has 2 rings (SSSR count). The van der Waals surface area contributed by atoms with Gasteiger partial charge in [0, 0.05) is 19.1 Å². The van der Waals surface area contributed by atoms with Gasteiger partial charge in [0.1, 0.15) is 0 Å². The van der Waals surface area contributed by atoms with Crippen LogP contribution in [0.5, 0.6) is 0 Å². The number of H-pyrrole nitrogens is 1. The van der Waals surface area contributed by atoms with E-state index in [1.54, 1.807) is 0 Å². The van der Waals surface area contributed by atoms with E-state index in [0.717, 1.165) is 6.54 Å². The van der Waals surface area contributed by atoms with Gasteiger partial charge in [-0.05, 0) is 33.4 Å². The molecule has 3 N–H and O–H groups in total. The summed E-state index contributed by atoms with van der Waals surface area (Å²) in [6, 6.07) is 0. The predicted octanol–water partition coefficient (Wildman–Crippen LogP) is 0.307. The number of hydrogen-bond donors (Lipinski definition) is 2. The molecule has 6 nitrogen and oxygen atoms in total. The number of anilines is 2. The molecule has 0 atom stereocenters. The van der Waals surface area contributed by atoms with Crippen LogP contribution in [0.3, 0.4) is 0 Å². The molecule has 16 heavy (non-hydrogen) atoms. The summed E-state index contributed by atoms with van der Waals surface area (Å²) in [5, 5.41) is 6.73. The number of hydrogen-bond acceptors (Lipinski definition) is 5. The second-order valence-corrected chi connectivity index (χ2v) is 4.85. The third kappa shape index (κ3) is 1.84. The van der Waals surface area contributed by atoms with Crippen molar-refractivity contribution in [3.05, 3.63) is 0 Å². The summed E-state index contributed by atoms with van der Waals surface area (Å²) in [6.45, 7) is 0.942. The van der Waals surface area contributed by atoms with Crippen molar-refractivity contribution in [3.63, 3.8) is 0 Å². The van der Waals surface area contributed by atoms with Gasteiger partial charge >= 0.3 is 0 Å². The summed E-state index contributed by atoms with van der Waals surface area (Å²) in [4.78, 5) is 8.50. The Bertz CT molecular complexity index is 354. The van der Waals surface area contributed by atoms with Gasteiger partial charge in [0.25, 0.3) is 0 Å². The number of nitrogens with zero attached hydrogens (tertiary/aromatic N) is 4. The highest BCUT2D eigenvalue weighted by Crippen LogP contribution is 2.37. The summed E-state index contributed by atoms with van der Waals surface area (Å²) in [7, 11) is 6.28. The molecule has 0 spiro atoms. The predicted molar refractivity (Wildman–Crippen MR) is 64.3 cm³/mol. The fourth-order valence-corrected chi connectivity index (χ4v) is 2.28. The van der Waals surface area contributed by atoms with Crippen molar-refractivity contribution in [1.29, 1.82) is 0 Å². The molecule has 6 heteroatoms. The summed E-state index contributed by atoms with van der Waals surface area (Å²) < 4.78 is 0. The summed E-state index contributed by atoms with van der Waals surface area (Å²) in [6.07, 6.45) is 3.79. The average Bonchev–Trinajstić information content (AvgIpc) is 2.57. The molecular formula is C10H20N6. The first-order chi connectivity index (χ1) is 7.53. The van der Waals surface area contributed by atoms with E-state index in [0.29, 0.717) is 11.9 Å². The van der Waals surface area contributed by atoms with Crippen LogP contribution in [-0.4, -0.2) is 53.3 Å². The van der Waals surface area contributed by atoms with Crippen molar-refractivity contribution in [2.45, 2.75) is 24.8 Å². The SMILES string of the molecule is CN(CC1(N(C)C)CCC1)c1n[nH]c(N)n1. The third-order valence-electron chi connectivity index (χ3n) is 3.60. The van der Waals surface area contributed by atoms with Gasteiger partial charge in [0.05, 0.1) is 0 Å². The number of aromatic amines is 1. The van der Waals surface area contributed by atoms with Gasteiger partial charge in [0.2, 0.25) is 11.9 Å². The van der Waals surface area contributed by atoms with Crippen LogP contribution in [0.1, 0.15) is 19.3 Å². The van der Waals surface area contributed by atoms with Crippen molar-refractivity contribution >= 4 is 11.9 Å². The van der Waals surface area contributed by atoms with Gasteiger partial charge in [-0.3, -0.25) is 0 Å². The van der Waals surface area contributed by atoms with Crippen LogP contribution in [0.15, 0.2) is 0 Å². The maximum atomic E-state index is 5.52. The number of nitrogen functional groups attached to an aromatic ring is 1. The monoisotopic (exact) mass is 224 g/mol. The van der Waals surface area contributed by atoms with Crippen LogP contribution in [0.4, 0.5) is 11.9 Å². The fourth-order valence-electron chi connectivity index (χ4n) is 2.28. The Morgan fingerprint density at radius 1 is 1.38 bits per heavy atom. The molecular weight excluding hydrogens is 204 g/mol. The highest BCUT2D eigenvalue weighted by atomic mass is 15.4. The molecule has 0 unspecified atom stereocenters. The van der Waals surface area contributed by atoms with Crippen molar-refractivity contribution in [2.24, 2.45) is 0 Å². The minimum Gasteiger partial charge on any atom is -0.368 e. The van der Waals surface area contributed by atoms with Crippen molar-refractivity contribution < 1.29 is 0 Å². The molecule has 1 fully saturated rings. The van der Waals surface area contributed by atoms with Crippen molar-refractivity contribution in [2.75, 3.05) is 38.3 Å². The van der Waals surface area contributed by atoms with Crippen LogP contribution in [0, 0.1) is 0 Å². The van der Waals surface area contributed by atoms with Gasteiger partial charge < -0.3 is 15.5 Å². The summed E-state index contributed by atoms with van der Waals surface area (Å²) in [5.74, 6) is 1.04. The molecule has 0 aliphatic heterocycles. The van der Waals surface area contributed by atoms with E-state index in [-0.39, 0.29) is 5.54 Å². The lowest BCUT2D eigenvalue weighted by molar-refractivity contribution is 0.0680. The zero-order valence-corrected chi connectivity index (χ0v) is 10.2. The van der Waals surface area contributed by atoms with E-state index < -0.39 is 0 Å². The summed E-state index contributed by atoms with van der Waals surface area (Å²) in [5.41, 5.74) is 5.80. The van der Waals surface area contributed by atoms with E-state index >= 15 is 0 Å². The first-order valence-corrected chi connectivity index (χ1v) is 5.60. The maximum Gasteiger partial charge on any atom is 0.246 e. The van der Waals surface area contributed by atoms with Crippen LogP contribution in [-0.2, 0) is 0 Å². The van der Waals surface area contributed by atoms with Gasteiger partial charge in [-0.25, -0.2) is 5.10 Å². The highest BCUT2D eigenvalue weighted by Gasteiger charge is 2.40.